The molecular weight excluding hydrogens is 316 g/mol. The third-order valence-corrected chi connectivity index (χ3v) is 3.71. The topological polar surface area (TPSA) is 86.9 Å². The summed E-state index contributed by atoms with van der Waals surface area (Å²) in [4.78, 5) is 23.3. The van der Waals surface area contributed by atoms with Crippen molar-refractivity contribution in [1.29, 1.82) is 5.26 Å². The lowest BCUT2D eigenvalue weighted by atomic mass is 10.2. The first kappa shape index (κ1) is 16.3. The number of fused-ring (bicyclic) bond motifs is 1. The Hall–Kier alpha value is -3.59. The number of para-hydroxylation sites is 1. The monoisotopic (exact) mass is 332 g/mol. The van der Waals surface area contributed by atoms with Crippen molar-refractivity contribution in [2.75, 3.05) is 10.6 Å². The Morgan fingerprint density at radius 2 is 1.68 bits per heavy atom. The zero-order valence-corrected chi connectivity index (χ0v) is 13.6. The van der Waals surface area contributed by atoms with Crippen LogP contribution in [-0.4, -0.2) is 16.4 Å². The zero-order valence-electron chi connectivity index (χ0n) is 13.6. The summed E-state index contributed by atoms with van der Waals surface area (Å²) in [7, 11) is 0. The van der Waals surface area contributed by atoms with Crippen molar-refractivity contribution in [3.8, 4) is 6.07 Å². The first-order valence-corrected chi connectivity index (χ1v) is 7.72. The fraction of sp³-hybridized carbons (Fsp3) is 0.105. The number of anilines is 2. The van der Waals surface area contributed by atoms with Gasteiger partial charge in [-0.05, 0) is 30.3 Å². The SMILES string of the molecule is CC(=O)Nc1ccc(NC(=O)Cn2cc(C#N)c3ccccc32)cc1. The highest BCUT2D eigenvalue weighted by Gasteiger charge is 2.10. The molecule has 3 rings (SSSR count). The van der Waals surface area contributed by atoms with Gasteiger partial charge >= 0.3 is 0 Å². The molecule has 0 unspecified atom stereocenters. The number of aromatic nitrogens is 1. The number of nitriles is 1. The number of carbonyl (C=O) groups is 2. The molecule has 0 aliphatic rings. The van der Waals surface area contributed by atoms with E-state index in [1.54, 1.807) is 35.0 Å². The summed E-state index contributed by atoms with van der Waals surface area (Å²) in [5.41, 5.74) is 2.69. The third kappa shape index (κ3) is 3.67. The van der Waals surface area contributed by atoms with Crippen molar-refractivity contribution in [1.82, 2.24) is 4.57 Å². The van der Waals surface area contributed by atoms with Crippen molar-refractivity contribution in [2.24, 2.45) is 0 Å². The van der Waals surface area contributed by atoms with E-state index in [2.05, 4.69) is 16.7 Å². The van der Waals surface area contributed by atoms with Crippen molar-refractivity contribution >= 4 is 34.1 Å². The van der Waals surface area contributed by atoms with Gasteiger partial charge in [0.2, 0.25) is 11.8 Å². The molecule has 1 heterocycles. The maximum atomic E-state index is 12.3. The summed E-state index contributed by atoms with van der Waals surface area (Å²) in [5.74, 6) is -0.345. The normalized spacial score (nSPS) is 10.2. The number of carbonyl (C=O) groups excluding carboxylic acids is 2. The molecule has 0 aliphatic heterocycles. The number of nitrogens with zero attached hydrogens (tertiary/aromatic N) is 2. The van der Waals surface area contributed by atoms with Crippen LogP contribution in [0, 0.1) is 11.3 Å². The predicted molar refractivity (Wildman–Crippen MR) is 96.0 cm³/mol. The van der Waals surface area contributed by atoms with Gasteiger partial charge in [0.15, 0.2) is 0 Å². The van der Waals surface area contributed by atoms with E-state index >= 15 is 0 Å². The van der Waals surface area contributed by atoms with Crippen LogP contribution in [0.15, 0.2) is 54.7 Å². The highest BCUT2D eigenvalue weighted by molar-refractivity contribution is 5.94. The molecule has 3 aromatic rings. The number of benzene rings is 2. The summed E-state index contributed by atoms with van der Waals surface area (Å²) in [6, 6.07) is 16.5. The lowest BCUT2D eigenvalue weighted by Crippen LogP contribution is -2.18. The molecule has 0 aliphatic carbocycles. The highest BCUT2D eigenvalue weighted by atomic mass is 16.2. The van der Waals surface area contributed by atoms with Gasteiger partial charge in [-0.15, -0.1) is 0 Å². The molecule has 0 fully saturated rings. The van der Waals surface area contributed by atoms with E-state index in [1.807, 2.05) is 24.3 Å². The van der Waals surface area contributed by atoms with E-state index in [9.17, 15) is 14.9 Å². The second-order valence-electron chi connectivity index (χ2n) is 5.61. The third-order valence-electron chi connectivity index (χ3n) is 3.71. The maximum Gasteiger partial charge on any atom is 0.244 e. The fourth-order valence-electron chi connectivity index (χ4n) is 2.66. The highest BCUT2D eigenvalue weighted by Crippen LogP contribution is 2.21. The molecule has 25 heavy (non-hydrogen) atoms. The van der Waals surface area contributed by atoms with Crippen LogP contribution in [0.1, 0.15) is 12.5 Å². The Kier molecular flexibility index (Phi) is 4.48. The van der Waals surface area contributed by atoms with Crippen LogP contribution in [0.3, 0.4) is 0 Å². The largest absolute Gasteiger partial charge is 0.337 e. The van der Waals surface area contributed by atoms with Gasteiger partial charge in [-0.3, -0.25) is 9.59 Å². The number of nitrogens with one attached hydrogen (secondary N) is 2. The van der Waals surface area contributed by atoms with Gasteiger partial charge in [0.05, 0.1) is 5.56 Å². The van der Waals surface area contributed by atoms with Crippen LogP contribution in [0.5, 0.6) is 0 Å². The minimum Gasteiger partial charge on any atom is -0.337 e. The molecule has 0 saturated carbocycles. The summed E-state index contributed by atoms with van der Waals surface area (Å²) < 4.78 is 1.76. The van der Waals surface area contributed by atoms with E-state index in [4.69, 9.17) is 0 Å². The van der Waals surface area contributed by atoms with E-state index in [-0.39, 0.29) is 18.4 Å². The molecule has 1 aromatic heterocycles. The van der Waals surface area contributed by atoms with Crippen LogP contribution in [0.2, 0.25) is 0 Å². The average Bonchev–Trinajstić information content (AvgIpc) is 2.94. The van der Waals surface area contributed by atoms with Gasteiger partial charge in [-0.25, -0.2) is 0 Å². The fourth-order valence-corrected chi connectivity index (χ4v) is 2.66. The van der Waals surface area contributed by atoms with E-state index in [0.717, 1.165) is 10.9 Å². The van der Waals surface area contributed by atoms with Gasteiger partial charge in [0.1, 0.15) is 12.6 Å². The molecule has 0 atom stereocenters. The number of rotatable bonds is 4. The van der Waals surface area contributed by atoms with E-state index < -0.39 is 0 Å². The molecule has 2 N–H and O–H groups in total. The molecule has 0 spiro atoms. The molecule has 124 valence electrons. The Balaban J connectivity index is 1.73. The summed E-state index contributed by atoms with van der Waals surface area (Å²) in [6.07, 6.45) is 1.68. The van der Waals surface area contributed by atoms with Crippen LogP contribution >= 0.6 is 0 Å². The van der Waals surface area contributed by atoms with Crippen molar-refractivity contribution in [3.05, 3.63) is 60.3 Å². The van der Waals surface area contributed by atoms with E-state index in [0.29, 0.717) is 16.9 Å². The first-order valence-electron chi connectivity index (χ1n) is 7.72. The van der Waals surface area contributed by atoms with Crippen molar-refractivity contribution in [2.45, 2.75) is 13.5 Å². The Labute approximate surface area is 144 Å². The molecular formula is C19H16N4O2. The quantitative estimate of drug-likeness (QED) is 0.769. The van der Waals surface area contributed by atoms with Gasteiger partial charge in [0.25, 0.3) is 0 Å². The standard InChI is InChI=1S/C19H16N4O2/c1-13(24)21-15-6-8-16(9-7-15)22-19(25)12-23-11-14(10-20)17-4-2-3-5-18(17)23/h2-9,11H,12H2,1H3,(H,21,24)(H,22,25). The van der Waals surface area contributed by atoms with Crippen molar-refractivity contribution < 1.29 is 9.59 Å². The van der Waals surface area contributed by atoms with Crippen LogP contribution in [0.25, 0.3) is 10.9 Å². The van der Waals surface area contributed by atoms with Gasteiger partial charge in [-0.1, -0.05) is 18.2 Å². The lowest BCUT2D eigenvalue weighted by Gasteiger charge is -2.08. The average molecular weight is 332 g/mol. The Bertz CT molecular complexity index is 981. The molecule has 2 aromatic carbocycles. The number of hydrogen-bond acceptors (Lipinski definition) is 3. The summed E-state index contributed by atoms with van der Waals surface area (Å²) in [5, 5.41) is 15.5. The lowest BCUT2D eigenvalue weighted by molar-refractivity contribution is -0.116. The zero-order chi connectivity index (χ0) is 17.8. The molecule has 0 saturated heterocycles. The molecule has 2 amide bonds. The molecule has 6 heteroatoms. The second kappa shape index (κ2) is 6.89. The van der Waals surface area contributed by atoms with Gasteiger partial charge in [-0.2, -0.15) is 5.26 Å². The van der Waals surface area contributed by atoms with Gasteiger partial charge in [0, 0.05) is 35.4 Å². The smallest absolute Gasteiger partial charge is 0.244 e. The predicted octanol–water partition coefficient (Wildman–Crippen LogP) is 3.11. The summed E-state index contributed by atoms with van der Waals surface area (Å²) in [6.45, 7) is 1.54. The summed E-state index contributed by atoms with van der Waals surface area (Å²) >= 11 is 0. The second-order valence-corrected chi connectivity index (χ2v) is 5.61. The molecule has 0 bridgehead atoms. The Morgan fingerprint density at radius 3 is 2.32 bits per heavy atom. The van der Waals surface area contributed by atoms with Gasteiger partial charge < -0.3 is 15.2 Å². The van der Waals surface area contributed by atoms with Crippen LogP contribution in [-0.2, 0) is 16.1 Å². The number of hydrogen-bond donors (Lipinski definition) is 2. The minimum atomic E-state index is -0.197. The van der Waals surface area contributed by atoms with E-state index in [1.165, 1.54) is 6.92 Å². The van der Waals surface area contributed by atoms with Crippen LogP contribution in [0.4, 0.5) is 11.4 Å². The maximum absolute atomic E-state index is 12.3. The first-order chi connectivity index (χ1) is 12.1. The molecule has 6 nitrogen and oxygen atoms in total. The van der Waals surface area contributed by atoms with Crippen LogP contribution < -0.4 is 10.6 Å². The minimum absolute atomic E-state index is 0.107. The Morgan fingerprint density at radius 1 is 1.04 bits per heavy atom. The number of amides is 2. The van der Waals surface area contributed by atoms with Crippen molar-refractivity contribution in [3.63, 3.8) is 0 Å². The molecule has 0 radical (unpaired) electrons.